The Balaban J connectivity index is 1.64. The molecule has 1 fully saturated rings. The summed E-state index contributed by atoms with van der Waals surface area (Å²) in [5.74, 6) is 0.183. The summed E-state index contributed by atoms with van der Waals surface area (Å²) in [6.07, 6.45) is 5.46. The standard InChI is InChI=1S/C15H18N4O/c20-15(12-2-1-7-16-8-12)19-13-5-3-11(4-6-13)14-9-17-10-18-14/h3-6,9-10,12,16H,1-2,7-8H2,(H,17,18)(H,19,20)/t12-/m1/s1. The zero-order chi connectivity index (χ0) is 13.8. The molecule has 0 unspecified atom stereocenters. The second-order valence-electron chi connectivity index (χ2n) is 5.08. The molecule has 2 aromatic rings. The first-order valence-corrected chi connectivity index (χ1v) is 6.93. The number of hydrogen-bond acceptors (Lipinski definition) is 3. The van der Waals surface area contributed by atoms with Crippen LogP contribution in [0.5, 0.6) is 0 Å². The van der Waals surface area contributed by atoms with E-state index in [1.165, 1.54) is 0 Å². The Morgan fingerprint density at radius 1 is 1.30 bits per heavy atom. The number of imidazole rings is 1. The number of amides is 1. The first-order chi connectivity index (χ1) is 9.83. The molecule has 1 aromatic carbocycles. The Morgan fingerprint density at radius 2 is 2.15 bits per heavy atom. The van der Waals surface area contributed by atoms with Crippen molar-refractivity contribution in [1.29, 1.82) is 0 Å². The number of piperidine rings is 1. The lowest BCUT2D eigenvalue weighted by Gasteiger charge is -2.21. The molecule has 1 aliphatic rings. The molecule has 0 saturated carbocycles. The van der Waals surface area contributed by atoms with Gasteiger partial charge < -0.3 is 15.6 Å². The van der Waals surface area contributed by atoms with E-state index in [1.807, 2.05) is 24.3 Å². The summed E-state index contributed by atoms with van der Waals surface area (Å²) in [5, 5.41) is 6.24. The molecule has 104 valence electrons. The average molecular weight is 270 g/mol. The fourth-order valence-corrected chi connectivity index (χ4v) is 2.47. The zero-order valence-electron chi connectivity index (χ0n) is 11.2. The van der Waals surface area contributed by atoms with E-state index in [1.54, 1.807) is 12.5 Å². The summed E-state index contributed by atoms with van der Waals surface area (Å²) in [5.41, 5.74) is 2.86. The van der Waals surface area contributed by atoms with Crippen LogP contribution >= 0.6 is 0 Å². The van der Waals surface area contributed by atoms with Gasteiger partial charge in [-0.05, 0) is 37.1 Å². The Hall–Kier alpha value is -2.14. The molecule has 3 N–H and O–H groups in total. The van der Waals surface area contributed by atoms with Gasteiger partial charge in [-0.15, -0.1) is 0 Å². The number of nitrogens with one attached hydrogen (secondary N) is 3. The van der Waals surface area contributed by atoms with E-state index in [4.69, 9.17) is 0 Å². The van der Waals surface area contributed by atoms with E-state index >= 15 is 0 Å². The topological polar surface area (TPSA) is 69.8 Å². The van der Waals surface area contributed by atoms with Gasteiger partial charge in [0.2, 0.25) is 5.91 Å². The molecular formula is C15H18N4O. The Labute approximate surface area is 117 Å². The molecule has 3 rings (SSSR count). The van der Waals surface area contributed by atoms with E-state index < -0.39 is 0 Å². The van der Waals surface area contributed by atoms with E-state index in [2.05, 4.69) is 20.6 Å². The molecule has 0 spiro atoms. The van der Waals surface area contributed by atoms with Crippen molar-refractivity contribution in [2.45, 2.75) is 12.8 Å². The number of H-pyrrole nitrogens is 1. The molecule has 5 nitrogen and oxygen atoms in total. The maximum Gasteiger partial charge on any atom is 0.228 e. The van der Waals surface area contributed by atoms with Crippen LogP contribution in [0.2, 0.25) is 0 Å². The minimum Gasteiger partial charge on any atom is -0.345 e. The van der Waals surface area contributed by atoms with Crippen LogP contribution in [0.25, 0.3) is 11.3 Å². The van der Waals surface area contributed by atoms with Gasteiger partial charge >= 0.3 is 0 Å². The van der Waals surface area contributed by atoms with Gasteiger partial charge in [0.05, 0.1) is 24.1 Å². The van der Waals surface area contributed by atoms with Crippen molar-refractivity contribution in [3.05, 3.63) is 36.8 Å². The molecule has 0 aliphatic carbocycles. The van der Waals surface area contributed by atoms with Gasteiger partial charge in [-0.25, -0.2) is 4.98 Å². The molecule has 0 bridgehead atoms. The Kier molecular flexibility index (Phi) is 3.78. The summed E-state index contributed by atoms with van der Waals surface area (Å²) in [7, 11) is 0. The van der Waals surface area contributed by atoms with Gasteiger partial charge in [0.15, 0.2) is 0 Å². The number of anilines is 1. The second-order valence-corrected chi connectivity index (χ2v) is 5.08. The van der Waals surface area contributed by atoms with Gasteiger partial charge in [0.25, 0.3) is 0 Å². The first-order valence-electron chi connectivity index (χ1n) is 6.93. The third-order valence-electron chi connectivity index (χ3n) is 3.63. The van der Waals surface area contributed by atoms with Crippen molar-refractivity contribution in [3.63, 3.8) is 0 Å². The Bertz CT molecular complexity index is 556. The highest BCUT2D eigenvalue weighted by atomic mass is 16.1. The van der Waals surface area contributed by atoms with Crippen LogP contribution < -0.4 is 10.6 Å². The van der Waals surface area contributed by atoms with Crippen LogP contribution in [0.1, 0.15) is 12.8 Å². The molecule has 1 atom stereocenters. The summed E-state index contributed by atoms with van der Waals surface area (Å²) in [4.78, 5) is 19.2. The summed E-state index contributed by atoms with van der Waals surface area (Å²) < 4.78 is 0. The molecule has 1 saturated heterocycles. The van der Waals surface area contributed by atoms with Gasteiger partial charge in [0, 0.05) is 12.2 Å². The fourth-order valence-electron chi connectivity index (χ4n) is 2.47. The lowest BCUT2D eigenvalue weighted by atomic mass is 9.99. The second kappa shape index (κ2) is 5.88. The zero-order valence-corrected chi connectivity index (χ0v) is 11.2. The van der Waals surface area contributed by atoms with Crippen molar-refractivity contribution >= 4 is 11.6 Å². The van der Waals surface area contributed by atoms with Crippen molar-refractivity contribution in [2.75, 3.05) is 18.4 Å². The van der Waals surface area contributed by atoms with Crippen molar-refractivity contribution < 1.29 is 4.79 Å². The highest BCUT2D eigenvalue weighted by Crippen LogP contribution is 2.20. The molecule has 5 heteroatoms. The van der Waals surface area contributed by atoms with Crippen LogP contribution in [0.3, 0.4) is 0 Å². The normalized spacial score (nSPS) is 18.7. The van der Waals surface area contributed by atoms with E-state index in [0.29, 0.717) is 0 Å². The number of aromatic nitrogens is 2. The number of aromatic amines is 1. The predicted molar refractivity (Wildman–Crippen MR) is 78.2 cm³/mol. The number of carbonyl (C=O) groups is 1. The number of nitrogens with zero attached hydrogens (tertiary/aromatic N) is 1. The minimum atomic E-state index is 0.0797. The molecule has 1 amide bonds. The van der Waals surface area contributed by atoms with Crippen LogP contribution in [0.15, 0.2) is 36.8 Å². The third-order valence-corrected chi connectivity index (χ3v) is 3.63. The Morgan fingerprint density at radius 3 is 2.80 bits per heavy atom. The smallest absolute Gasteiger partial charge is 0.228 e. The number of benzene rings is 1. The highest BCUT2D eigenvalue weighted by molar-refractivity contribution is 5.93. The van der Waals surface area contributed by atoms with E-state index in [9.17, 15) is 4.79 Å². The summed E-state index contributed by atoms with van der Waals surface area (Å²) in [6, 6.07) is 7.79. The first kappa shape index (κ1) is 12.9. The monoisotopic (exact) mass is 270 g/mol. The average Bonchev–Trinajstić information content (AvgIpc) is 3.03. The molecular weight excluding hydrogens is 252 g/mol. The fraction of sp³-hybridized carbons (Fsp3) is 0.333. The molecule has 1 aliphatic heterocycles. The van der Waals surface area contributed by atoms with Crippen LogP contribution in [0.4, 0.5) is 5.69 Å². The van der Waals surface area contributed by atoms with Gasteiger partial charge in [-0.2, -0.15) is 0 Å². The maximum absolute atomic E-state index is 12.1. The van der Waals surface area contributed by atoms with Crippen molar-refractivity contribution in [2.24, 2.45) is 5.92 Å². The number of hydrogen-bond donors (Lipinski definition) is 3. The van der Waals surface area contributed by atoms with Crippen LogP contribution in [-0.4, -0.2) is 29.0 Å². The number of rotatable bonds is 3. The molecule has 0 radical (unpaired) electrons. The van der Waals surface area contributed by atoms with Crippen LogP contribution in [0, 0.1) is 5.92 Å². The predicted octanol–water partition coefficient (Wildman–Crippen LogP) is 2.01. The largest absolute Gasteiger partial charge is 0.345 e. The third kappa shape index (κ3) is 2.88. The SMILES string of the molecule is O=C(Nc1ccc(-c2cnc[nH]2)cc1)[C@@H]1CCCNC1. The van der Waals surface area contributed by atoms with Crippen molar-refractivity contribution in [3.8, 4) is 11.3 Å². The van der Waals surface area contributed by atoms with Gasteiger partial charge in [0.1, 0.15) is 0 Å². The van der Waals surface area contributed by atoms with Gasteiger partial charge in [-0.1, -0.05) is 12.1 Å². The van der Waals surface area contributed by atoms with Crippen LogP contribution in [-0.2, 0) is 4.79 Å². The molecule has 2 heterocycles. The molecule has 1 aromatic heterocycles. The number of carbonyl (C=O) groups excluding carboxylic acids is 1. The van der Waals surface area contributed by atoms with E-state index in [0.717, 1.165) is 42.9 Å². The summed E-state index contributed by atoms with van der Waals surface area (Å²) >= 11 is 0. The van der Waals surface area contributed by atoms with E-state index in [-0.39, 0.29) is 11.8 Å². The molecule has 20 heavy (non-hydrogen) atoms. The van der Waals surface area contributed by atoms with Crippen molar-refractivity contribution in [1.82, 2.24) is 15.3 Å². The lowest BCUT2D eigenvalue weighted by Crippen LogP contribution is -2.37. The minimum absolute atomic E-state index is 0.0797. The summed E-state index contributed by atoms with van der Waals surface area (Å²) in [6.45, 7) is 1.79. The maximum atomic E-state index is 12.1. The van der Waals surface area contributed by atoms with Gasteiger partial charge in [-0.3, -0.25) is 4.79 Å². The highest BCUT2D eigenvalue weighted by Gasteiger charge is 2.20. The quantitative estimate of drug-likeness (QED) is 0.799. The lowest BCUT2D eigenvalue weighted by molar-refractivity contribution is -0.120.